The molecule has 3 rings (SSSR count). The third-order valence-corrected chi connectivity index (χ3v) is 4.27. The van der Waals surface area contributed by atoms with Crippen molar-refractivity contribution in [3.05, 3.63) is 18.2 Å². The number of nitrogens with two attached hydrogens (primary N) is 1. The molecule has 106 valence electrons. The molecule has 1 aromatic carbocycles. The molecule has 0 bridgehead atoms. The number of rotatable bonds is 4. The van der Waals surface area contributed by atoms with Crippen molar-refractivity contribution in [3.8, 4) is 0 Å². The van der Waals surface area contributed by atoms with Gasteiger partial charge in [-0.15, -0.1) is 0 Å². The molecule has 1 aliphatic rings. The first-order valence-electron chi connectivity index (χ1n) is 6.12. The Morgan fingerprint density at radius 3 is 2.90 bits per heavy atom. The fourth-order valence-electron chi connectivity index (χ4n) is 1.78. The summed E-state index contributed by atoms with van der Waals surface area (Å²) in [6.45, 7) is 0. The van der Waals surface area contributed by atoms with E-state index in [1.807, 2.05) is 0 Å². The predicted molar refractivity (Wildman–Crippen MR) is 71.6 cm³/mol. The Balaban J connectivity index is 1.86. The van der Waals surface area contributed by atoms with Crippen LogP contribution in [0.5, 0.6) is 0 Å². The third kappa shape index (κ3) is 2.60. The van der Waals surface area contributed by atoms with Crippen LogP contribution < -0.4 is 11.1 Å². The maximum Gasteiger partial charge on any atom is 0.316 e. The van der Waals surface area contributed by atoms with Crippen molar-refractivity contribution in [3.63, 3.8) is 0 Å². The molecule has 1 saturated carbocycles. The largest absolute Gasteiger partial charge is 0.428 e. The molecule has 20 heavy (non-hydrogen) atoms. The Labute approximate surface area is 115 Å². The van der Waals surface area contributed by atoms with Crippen LogP contribution in [0.3, 0.4) is 0 Å². The topological polar surface area (TPSA) is 115 Å². The molecule has 0 aliphatic heterocycles. The molecule has 2 aromatic rings. The number of anilines is 1. The van der Waals surface area contributed by atoms with Crippen molar-refractivity contribution < 1.29 is 17.6 Å². The van der Waals surface area contributed by atoms with Crippen molar-refractivity contribution in [2.75, 3.05) is 11.5 Å². The third-order valence-electron chi connectivity index (χ3n) is 2.92. The fourth-order valence-corrected chi connectivity index (χ4v) is 2.79. The lowest BCUT2D eigenvalue weighted by atomic mass is 10.3. The van der Waals surface area contributed by atoms with E-state index in [2.05, 4.69) is 10.3 Å². The van der Waals surface area contributed by atoms with Gasteiger partial charge in [0.15, 0.2) is 5.58 Å². The Bertz CT molecular complexity index is 777. The van der Waals surface area contributed by atoms with Gasteiger partial charge in [-0.25, -0.2) is 8.42 Å². The molecule has 1 aliphatic carbocycles. The quantitative estimate of drug-likeness (QED) is 0.792. The van der Waals surface area contributed by atoms with Crippen molar-refractivity contribution in [2.24, 2.45) is 0 Å². The van der Waals surface area contributed by atoms with Crippen LogP contribution in [0.4, 0.5) is 5.69 Å². The second-order valence-corrected chi connectivity index (χ2v) is 6.68. The van der Waals surface area contributed by atoms with Crippen LogP contribution in [0.25, 0.3) is 11.1 Å². The summed E-state index contributed by atoms with van der Waals surface area (Å²) in [7, 11) is -3.88. The number of nitrogen functional groups attached to an aromatic ring is 1. The summed E-state index contributed by atoms with van der Waals surface area (Å²) >= 11 is 0. The van der Waals surface area contributed by atoms with Gasteiger partial charge in [-0.2, -0.15) is 4.98 Å². The second kappa shape index (κ2) is 4.48. The van der Waals surface area contributed by atoms with Crippen LogP contribution >= 0.6 is 0 Å². The highest BCUT2D eigenvalue weighted by Crippen LogP contribution is 2.22. The summed E-state index contributed by atoms with van der Waals surface area (Å²) in [6.07, 6.45) is 1.79. The summed E-state index contributed by atoms with van der Waals surface area (Å²) < 4.78 is 29.3. The van der Waals surface area contributed by atoms with Crippen LogP contribution in [0.15, 0.2) is 27.8 Å². The Morgan fingerprint density at radius 1 is 1.45 bits per heavy atom. The van der Waals surface area contributed by atoms with Gasteiger partial charge in [0.1, 0.15) is 11.3 Å². The number of fused-ring (bicyclic) bond motifs is 1. The lowest BCUT2D eigenvalue weighted by Gasteiger charge is -2.01. The van der Waals surface area contributed by atoms with Crippen LogP contribution in [-0.4, -0.2) is 31.1 Å². The number of nitrogens with one attached hydrogen (secondary N) is 1. The monoisotopic (exact) mass is 295 g/mol. The Hall–Kier alpha value is -2.09. The summed E-state index contributed by atoms with van der Waals surface area (Å²) in [5.41, 5.74) is 6.70. The summed E-state index contributed by atoms with van der Waals surface area (Å²) in [6, 6.07) is 4.77. The first-order chi connectivity index (χ1) is 9.44. The first kappa shape index (κ1) is 12.9. The molecule has 7 nitrogen and oxygen atoms in total. The van der Waals surface area contributed by atoms with E-state index in [1.54, 1.807) is 12.1 Å². The molecule has 3 N–H and O–H groups in total. The number of sulfone groups is 1. The molecule has 0 atom stereocenters. The average Bonchev–Trinajstić information content (AvgIpc) is 3.04. The fraction of sp³-hybridized carbons (Fsp3) is 0.333. The number of hydrogen-bond acceptors (Lipinski definition) is 6. The zero-order valence-corrected chi connectivity index (χ0v) is 11.3. The van der Waals surface area contributed by atoms with Crippen molar-refractivity contribution in [2.45, 2.75) is 24.1 Å². The summed E-state index contributed by atoms with van der Waals surface area (Å²) in [5, 5.41) is 2.16. The molecule has 0 unspecified atom stereocenters. The number of benzene rings is 1. The molecular formula is C12H13N3O4S. The molecule has 1 aromatic heterocycles. The normalized spacial score (nSPS) is 15.4. The van der Waals surface area contributed by atoms with Crippen LogP contribution in [0, 0.1) is 0 Å². The van der Waals surface area contributed by atoms with E-state index in [1.165, 1.54) is 6.07 Å². The Morgan fingerprint density at radius 2 is 2.20 bits per heavy atom. The number of hydrogen-bond donors (Lipinski definition) is 2. The van der Waals surface area contributed by atoms with Crippen molar-refractivity contribution >= 4 is 32.5 Å². The maximum atomic E-state index is 12.1. The van der Waals surface area contributed by atoms with Crippen LogP contribution in [0.1, 0.15) is 12.8 Å². The SMILES string of the molecule is Nc1ccc2nc(S(=O)(=O)CC(=O)NC3CC3)oc2c1. The number of oxazole rings is 1. The van der Waals surface area contributed by atoms with Crippen LogP contribution in [-0.2, 0) is 14.6 Å². The molecular weight excluding hydrogens is 282 g/mol. The minimum Gasteiger partial charge on any atom is -0.428 e. The minimum atomic E-state index is -3.88. The van der Waals surface area contributed by atoms with E-state index in [4.69, 9.17) is 10.2 Å². The molecule has 1 fully saturated rings. The van der Waals surface area contributed by atoms with Crippen molar-refractivity contribution in [1.82, 2.24) is 10.3 Å². The van der Waals surface area contributed by atoms with Gasteiger partial charge in [-0.05, 0) is 25.0 Å². The molecule has 8 heteroatoms. The van der Waals surface area contributed by atoms with Crippen LogP contribution in [0.2, 0.25) is 0 Å². The van der Waals surface area contributed by atoms with Gasteiger partial charge in [0.05, 0.1) is 0 Å². The van der Waals surface area contributed by atoms with Gasteiger partial charge in [0.2, 0.25) is 15.7 Å². The van der Waals surface area contributed by atoms with Gasteiger partial charge in [0.25, 0.3) is 0 Å². The van der Waals surface area contributed by atoms with E-state index < -0.39 is 26.7 Å². The lowest BCUT2D eigenvalue weighted by Crippen LogP contribution is -2.31. The van der Waals surface area contributed by atoms with E-state index in [-0.39, 0.29) is 11.6 Å². The molecule has 1 amide bonds. The van der Waals surface area contributed by atoms with E-state index in [9.17, 15) is 13.2 Å². The number of aromatic nitrogens is 1. The molecule has 0 saturated heterocycles. The lowest BCUT2D eigenvalue weighted by molar-refractivity contribution is -0.118. The number of amides is 1. The number of carbonyl (C=O) groups is 1. The standard InChI is InChI=1S/C12H13N3O4S/c13-7-1-4-9-10(5-7)19-12(15-9)20(17,18)6-11(16)14-8-2-3-8/h1,4-5,8H,2-3,6,13H2,(H,14,16). The average molecular weight is 295 g/mol. The van der Waals surface area contributed by atoms with E-state index in [0.717, 1.165) is 12.8 Å². The zero-order chi connectivity index (χ0) is 14.3. The van der Waals surface area contributed by atoms with E-state index >= 15 is 0 Å². The van der Waals surface area contributed by atoms with Gasteiger partial charge in [0, 0.05) is 17.8 Å². The highest BCUT2D eigenvalue weighted by molar-refractivity contribution is 7.91. The maximum absolute atomic E-state index is 12.1. The van der Waals surface area contributed by atoms with Gasteiger partial charge >= 0.3 is 5.22 Å². The molecule has 1 heterocycles. The molecule has 0 radical (unpaired) electrons. The summed E-state index contributed by atoms with van der Waals surface area (Å²) in [4.78, 5) is 15.5. The second-order valence-electron chi connectivity index (χ2n) is 4.81. The van der Waals surface area contributed by atoms with Gasteiger partial charge in [-0.1, -0.05) is 0 Å². The Kier molecular flexibility index (Phi) is 2.89. The molecule has 0 spiro atoms. The number of carbonyl (C=O) groups excluding carboxylic acids is 1. The van der Waals surface area contributed by atoms with Crippen molar-refractivity contribution in [1.29, 1.82) is 0 Å². The first-order valence-corrected chi connectivity index (χ1v) is 7.77. The van der Waals surface area contributed by atoms with Gasteiger partial charge < -0.3 is 15.5 Å². The van der Waals surface area contributed by atoms with Gasteiger partial charge in [-0.3, -0.25) is 4.79 Å². The highest BCUT2D eigenvalue weighted by atomic mass is 32.2. The number of nitrogens with zero attached hydrogens (tertiary/aromatic N) is 1. The smallest absolute Gasteiger partial charge is 0.316 e. The zero-order valence-electron chi connectivity index (χ0n) is 10.5. The minimum absolute atomic E-state index is 0.112. The highest BCUT2D eigenvalue weighted by Gasteiger charge is 2.29. The predicted octanol–water partition coefficient (Wildman–Crippen LogP) is 0.462. The van der Waals surface area contributed by atoms with E-state index in [0.29, 0.717) is 11.2 Å². The summed E-state index contributed by atoms with van der Waals surface area (Å²) in [5.74, 6) is -1.19.